The zero-order valence-corrected chi connectivity index (χ0v) is 8.78. The van der Waals surface area contributed by atoms with Gasteiger partial charge < -0.3 is 4.52 Å². The van der Waals surface area contributed by atoms with Crippen molar-refractivity contribution < 1.29 is 4.52 Å². The molecule has 0 aliphatic heterocycles. The standard InChI is InChI=1S/C11H18N2O/c1-2-3-9-4-6-10(7-5-9)11-12-8-14-13-11/h8-10H,2-7H2,1H3. The third kappa shape index (κ3) is 2.14. The van der Waals surface area contributed by atoms with E-state index in [0.717, 1.165) is 11.7 Å². The zero-order valence-electron chi connectivity index (χ0n) is 8.78. The van der Waals surface area contributed by atoms with E-state index in [-0.39, 0.29) is 0 Å². The lowest BCUT2D eigenvalue weighted by atomic mass is 9.80. The van der Waals surface area contributed by atoms with Crippen molar-refractivity contribution in [2.45, 2.75) is 51.4 Å². The van der Waals surface area contributed by atoms with Gasteiger partial charge in [0.25, 0.3) is 0 Å². The van der Waals surface area contributed by atoms with E-state index in [1.54, 1.807) is 0 Å². The van der Waals surface area contributed by atoms with E-state index in [0.29, 0.717) is 5.92 Å². The summed E-state index contributed by atoms with van der Waals surface area (Å²) in [6, 6.07) is 0. The Labute approximate surface area is 84.9 Å². The van der Waals surface area contributed by atoms with Crippen LogP contribution >= 0.6 is 0 Å². The van der Waals surface area contributed by atoms with Gasteiger partial charge in [0, 0.05) is 5.92 Å². The van der Waals surface area contributed by atoms with Gasteiger partial charge in [-0.3, -0.25) is 0 Å². The topological polar surface area (TPSA) is 38.9 Å². The van der Waals surface area contributed by atoms with Crippen LogP contribution < -0.4 is 0 Å². The van der Waals surface area contributed by atoms with Crippen molar-refractivity contribution in [3.8, 4) is 0 Å². The molecule has 1 aromatic heterocycles. The Morgan fingerprint density at radius 1 is 1.36 bits per heavy atom. The number of nitrogens with zero attached hydrogens (tertiary/aromatic N) is 2. The van der Waals surface area contributed by atoms with Gasteiger partial charge in [-0.05, 0) is 31.6 Å². The summed E-state index contributed by atoms with van der Waals surface area (Å²) in [7, 11) is 0. The SMILES string of the molecule is CCCC1CCC(c2ncon2)CC1. The summed E-state index contributed by atoms with van der Waals surface area (Å²) in [5, 5.41) is 3.92. The van der Waals surface area contributed by atoms with Crippen LogP contribution in [0, 0.1) is 5.92 Å². The lowest BCUT2D eigenvalue weighted by molar-refractivity contribution is 0.296. The molecule has 1 aromatic rings. The van der Waals surface area contributed by atoms with Crippen molar-refractivity contribution in [3.05, 3.63) is 12.2 Å². The summed E-state index contributed by atoms with van der Waals surface area (Å²) in [6.07, 6.45) is 9.30. The molecule has 0 spiro atoms. The first-order valence-corrected chi connectivity index (χ1v) is 5.66. The Balaban J connectivity index is 1.84. The molecular formula is C11H18N2O. The minimum absolute atomic E-state index is 0.557. The third-order valence-electron chi connectivity index (χ3n) is 3.29. The van der Waals surface area contributed by atoms with Crippen molar-refractivity contribution in [1.82, 2.24) is 10.1 Å². The molecule has 1 aliphatic carbocycles. The van der Waals surface area contributed by atoms with Crippen LogP contribution in [0.5, 0.6) is 0 Å². The van der Waals surface area contributed by atoms with Crippen LogP contribution in [0.15, 0.2) is 10.9 Å². The number of hydrogen-bond donors (Lipinski definition) is 0. The molecule has 1 aliphatic rings. The maximum Gasteiger partial charge on any atom is 0.213 e. The Bertz CT molecular complexity index is 250. The highest BCUT2D eigenvalue weighted by Crippen LogP contribution is 2.35. The van der Waals surface area contributed by atoms with Gasteiger partial charge in [0.15, 0.2) is 5.82 Å². The zero-order chi connectivity index (χ0) is 9.80. The van der Waals surface area contributed by atoms with E-state index in [9.17, 15) is 0 Å². The minimum Gasteiger partial charge on any atom is -0.343 e. The summed E-state index contributed by atoms with van der Waals surface area (Å²) in [6.45, 7) is 2.27. The molecule has 1 fully saturated rings. The average molecular weight is 194 g/mol. The highest BCUT2D eigenvalue weighted by Gasteiger charge is 2.24. The Morgan fingerprint density at radius 2 is 2.14 bits per heavy atom. The van der Waals surface area contributed by atoms with Crippen molar-refractivity contribution in [2.75, 3.05) is 0 Å². The number of hydrogen-bond acceptors (Lipinski definition) is 3. The van der Waals surface area contributed by atoms with Crippen LogP contribution in [0.1, 0.15) is 57.2 Å². The van der Waals surface area contributed by atoms with E-state index >= 15 is 0 Å². The van der Waals surface area contributed by atoms with E-state index in [2.05, 4.69) is 17.1 Å². The van der Waals surface area contributed by atoms with E-state index in [4.69, 9.17) is 4.52 Å². The molecule has 3 heteroatoms. The Kier molecular flexibility index (Phi) is 3.17. The van der Waals surface area contributed by atoms with Gasteiger partial charge in [-0.25, -0.2) is 0 Å². The third-order valence-corrected chi connectivity index (χ3v) is 3.29. The summed E-state index contributed by atoms with van der Waals surface area (Å²) in [5.74, 6) is 2.42. The average Bonchev–Trinajstić information content (AvgIpc) is 2.72. The van der Waals surface area contributed by atoms with Gasteiger partial charge >= 0.3 is 0 Å². The second kappa shape index (κ2) is 4.58. The van der Waals surface area contributed by atoms with E-state index in [1.807, 2.05) is 0 Å². The van der Waals surface area contributed by atoms with Gasteiger partial charge in [-0.2, -0.15) is 4.98 Å². The molecule has 78 valence electrons. The van der Waals surface area contributed by atoms with Gasteiger partial charge in [-0.15, -0.1) is 0 Å². The smallest absolute Gasteiger partial charge is 0.213 e. The Morgan fingerprint density at radius 3 is 2.71 bits per heavy atom. The fraction of sp³-hybridized carbons (Fsp3) is 0.818. The second-order valence-corrected chi connectivity index (χ2v) is 4.30. The first-order valence-electron chi connectivity index (χ1n) is 5.66. The van der Waals surface area contributed by atoms with Crippen LogP contribution in [-0.2, 0) is 0 Å². The molecule has 0 atom stereocenters. The predicted octanol–water partition coefficient (Wildman–Crippen LogP) is 3.14. The quantitative estimate of drug-likeness (QED) is 0.742. The molecule has 0 saturated heterocycles. The molecule has 14 heavy (non-hydrogen) atoms. The van der Waals surface area contributed by atoms with Crippen LogP contribution in [0.3, 0.4) is 0 Å². The first-order chi connectivity index (χ1) is 6.90. The lowest BCUT2D eigenvalue weighted by Gasteiger charge is -2.26. The molecule has 0 aromatic carbocycles. The monoisotopic (exact) mass is 194 g/mol. The van der Waals surface area contributed by atoms with Crippen LogP contribution in [-0.4, -0.2) is 10.1 Å². The van der Waals surface area contributed by atoms with Crippen LogP contribution in [0.25, 0.3) is 0 Å². The second-order valence-electron chi connectivity index (χ2n) is 4.30. The predicted molar refractivity (Wildman–Crippen MR) is 53.9 cm³/mol. The van der Waals surface area contributed by atoms with Crippen LogP contribution in [0.2, 0.25) is 0 Å². The molecule has 0 N–H and O–H groups in total. The van der Waals surface area contributed by atoms with Crippen molar-refractivity contribution >= 4 is 0 Å². The number of rotatable bonds is 3. The molecular weight excluding hydrogens is 176 g/mol. The van der Waals surface area contributed by atoms with Crippen molar-refractivity contribution in [3.63, 3.8) is 0 Å². The van der Waals surface area contributed by atoms with Gasteiger partial charge in [0.2, 0.25) is 6.39 Å². The number of aromatic nitrogens is 2. The molecule has 0 amide bonds. The molecule has 1 saturated carbocycles. The van der Waals surface area contributed by atoms with Crippen molar-refractivity contribution in [2.24, 2.45) is 5.92 Å². The van der Waals surface area contributed by atoms with Crippen molar-refractivity contribution in [1.29, 1.82) is 0 Å². The maximum atomic E-state index is 4.78. The summed E-state index contributed by atoms with van der Waals surface area (Å²) in [4.78, 5) is 4.13. The lowest BCUT2D eigenvalue weighted by Crippen LogP contribution is -2.14. The Hall–Kier alpha value is -0.860. The molecule has 0 unspecified atom stereocenters. The van der Waals surface area contributed by atoms with Crippen LogP contribution in [0.4, 0.5) is 0 Å². The van der Waals surface area contributed by atoms with Gasteiger partial charge in [-0.1, -0.05) is 24.9 Å². The normalized spacial score (nSPS) is 27.8. The van der Waals surface area contributed by atoms with E-state index < -0.39 is 0 Å². The molecule has 2 rings (SSSR count). The molecule has 3 nitrogen and oxygen atoms in total. The highest BCUT2D eigenvalue weighted by atomic mass is 16.5. The molecule has 0 bridgehead atoms. The summed E-state index contributed by atoms with van der Waals surface area (Å²) >= 11 is 0. The molecule has 1 heterocycles. The molecule has 0 radical (unpaired) electrons. The minimum atomic E-state index is 0.557. The summed E-state index contributed by atoms with van der Waals surface area (Å²) < 4.78 is 4.78. The fourth-order valence-corrected chi connectivity index (χ4v) is 2.48. The highest BCUT2D eigenvalue weighted by molar-refractivity contribution is 4.94. The summed E-state index contributed by atoms with van der Waals surface area (Å²) in [5.41, 5.74) is 0. The maximum absolute atomic E-state index is 4.78. The first kappa shape index (κ1) is 9.69. The van der Waals surface area contributed by atoms with Gasteiger partial charge in [0.05, 0.1) is 0 Å². The van der Waals surface area contributed by atoms with Gasteiger partial charge in [0.1, 0.15) is 0 Å². The fourth-order valence-electron chi connectivity index (χ4n) is 2.48. The van der Waals surface area contributed by atoms with E-state index in [1.165, 1.54) is 44.9 Å². The largest absolute Gasteiger partial charge is 0.343 e.